The topological polar surface area (TPSA) is 72.4 Å². The maximum atomic E-state index is 13.7. The number of carboxylic acid groups (broad SMARTS) is 1. The van der Waals surface area contributed by atoms with E-state index in [2.05, 4.69) is 0 Å². The normalized spacial score (nSPS) is 10.9. The van der Waals surface area contributed by atoms with Gasteiger partial charge in [0, 0.05) is 5.56 Å². The third-order valence-corrected chi connectivity index (χ3v) is 3.20. The summed E-state index contributed by atoms with van der Waals surface area (Å²) in [6, 6.07) is 10.2. The van der Waals surface area contributed by atoms with Crippen molar-refractivity contribution in [1.29, 1.82) is 0 Å². The van der Waals surface area contributed by atoms with Crippen LogP contribution in [0.4, 0.5) is 4.39 Å². The highest BCUT2D eigenvalue weighted by Gasteiger charge is 2.14. The lowest BCUT2D eigenvalue weighted by molar-refractivity contribution is 0.0697. The minimum atomic E-state index is -1.11. The van der Waals surface area contributed by atoms with Crippen LogP contribution in [0, 0.1) is 5.82 Å². The predicted molar refractivity (Wildman–Crippen MR) is 72.9 cm³/mol. The number of hydrogen-bond donors (Lipinski definition) is 1. The second-order valence-electron chi connectivity index (χ2n) is 4.53. The number of carboxylic acids is 1. The van der Waals surface area contributed by atoms with E-state index in [1.807, 2.05) is 0 Å². The van der Waals surface area contributed by atoms with Crippen LogP contribution in [0.15, 0.2) is 51.7 Å². The summed E-state index contributed by atoms with van der Waals surface area (Å²) in [6.45, 7) is -0.0262. The second-order valence-corrected chi connectivity index (χ2v) is 4.53. The molecule has 0 fully saturated rings. The fourth-order valence-corrected chi connectivity index (χ4v) is 2.14. The van der Waals surface area contributed by atoms with Crippen molar-refractivity contribution in [2.45, 2.75) is 6.54 Å². The van der Waals surface area contributed by atoms with E-state index in [4.69, 9.17) is 9.52 Å². The Morgan fingerprint density at radius 2 is 2.00 bits per heavy atom. The predicted octanol–water partition coefficient (Wildman–Crippen LogP) is 2.48. The van der Waals surface area contributed by atoms with E-state index in [0.29, 0.717) is 11.1 Å². The summed E-state index contributed by atoms with van der Waals surface area (Å²) >= 11 is 0. The average Bonchev–Trinajstić information content (AvgIpc) is 2.76. The standard InChI is InChI=1S/C15H10FNO4/c16-11-4-2-1-3-10(11)8-17-12-7-9(14(18)19)5-6-13(12)21-15(17)20/h1-7H,8H2,(H,18,19). The van der Waals surface area contributed by atoms with Gasteiger partial charge in [-0.15, -0.1) is 0 Å². The summed E-state index contributed by atoms with van der Waals surface area (Å²) in [4.78, 5) is 22.9. The van der Waals surface area contributed by atoms with Gasteiger partial charge < -0.3 is 9.52 Å². The van der Waals surface area contributed by atoms with Crippen LogP contribution in [-0.2, 0) is 6.54 Å². The minimum absolute atomic E-state index is 0.0262. The number of aromatic nitrogens is 1. The molecule has 6 heteroatoms. The molecule has 0 amide bonds. The van der Waals surface area contributed by atoms with Gasteiger partial charge in [0.1, 0.15) is 5.82 Å². The largest absolute Gasteiger partial charge is 0.478 e. The molecule has 3 aromatic rings. The molecule has 0 aliphatic carbocycles. The molecule has 106 valence electrons. The molecule has 1 heterocycles. The molecule has 0 unspecified atom stereocenters. The second kappa shape index (κ2) is 4.90. The summed E-state index contributed by atoms with van der Waals surface area (Å²) in [7, 11) is 0. The van der Waals surface area contributed by atoms with Crippen molar-refractivity contribution in [3.05, 3.63) is 70.0 Å². The first-order valence-corrected chi connectivity index (χ1v) is 6.16. The van der Waals surface area contributed by atoms with Gasteiger partial charge in [0.25, 0.3) is 0 Å². The van der Waals surface area contributed by atoms with Gasteiger partial charge >= 0.3 is 11.7 Å². The van der Waals surface area contributed by atoms with Crippen LogP contribution in [0.1, 0.15) is 15.9 Å². The molecule has 2 aromatic carbocycles. The molecule has 1 aromatic heterocycles. The monoisotopic (exact) mass is 287 g/mol. The average molecular weight is 287 g/mol. The molecular formula is C15H10FNO4. The van der Waals surface area contributed by atoms with E-state index >= 15 is 0 Å². The van der Waals surface area contributed by atoms with Gasteiger partial charge in [-0.3, -0.25) is 4.57 Å². The molecule has 3 rings (SSSR count). The van der Waals surface area contributed by atoms with Gasteiger partial charge in [0.2, 0.25) is 0 Å². The highest BCUT2D eigenvalue weighted by atomic mass is 19.1. The Kier molecular flexibility index (Phi) is 3.06. The minimum Gasteiger partial charge on any atom is -0.478 e. The van der Waals surface area contributed by atoms with Crippen molar-refractivity contribution < 1.29 is 18.7 Å². The third-order valence-electron chi connectivity index (χ3n) is 3.20. The summed E-state index contributed by atoms with van der Waals surface area (Å²) in [5.74, 6) is -2.20. The lowest BCUT2D eigenvalue weighted by atomic mass is 10.2. The summed E-state index contributed by atoms with van der Waals surface area (Å²) < 4.78 is 19.9. The Morgan fingerprint density at radius 1 is 1.24 bits per heavy atom. The molecule has 0 radical (unpaired) electrons. The maximum Gasteiger partial charge on any atom is 0.420 e. The zero-order chi connectivity index (χ0) is 15.0. The smallest absolute Gasteiger partial charge is 0.420 e. The van der Waals surface area contributed by atoms with Crippen LogP contribution >= 0.6 is 0 Å². The van der Waals surface area contributed by atoms with Gasteiger partial charge in [0.15, 0.2) is 5.58 Å². The van der Waals surface area contributed by atoms with Crippen LogP contribution in [-0.4, -0.2) is 15.6 Å². The summed E-state index contributed by atoms with van der Waals surface area (Å²) in [5.41, 5.74) is 0.943. The molecule has 0 spiro atoms. The fraction of sp³-hybridized carbons (Fsp3) is 0.0667. The molecular weight excluding hydrogens is 277 g/mol. The zero-order valence-electron chi connectivity index (χ0n) is 10.7. The van der Waals surface area contributed by atoms with E-state index < -0.39 is 17.5 Å². The highest BCUT2D eigenvalue weighted by Crippen LogP contribution is 2.17. The first kappa shape index (κ1) is 13.1. The number of halogens is 1. The Morgan fingerprint density at radius 3 is 2.71 bits per heavy atom. The number of rotatable bonds is 3. The molecule has 0 bridgehead atoms. The SMILES string of the molecule is O=C(O)c1ccc2oc(=O)n(Cc3ccccc3F)c2c1. The van der Waals surface area contributed by atoms with E-state index in [1.165, 1.54) is 28.8 Å². The van der Waals surface area contributed by atoms with Gasteiger partial charge in [-0.1, -0.05) is 18.2 Å². The molecule has 0 aliphatic heterocycles. The van der Waals surface area contributed by atoms with Crippen molar-refractivity contribution in [2.24, 2.45) is 0 Å². The lowest BCUT2D eigenvalue weighted by Crippen LogP contribution is -2.15. The van der Waals surface area contributed by atoms with E-state index in [0.717, 1.165) is 0 Å². The van der Waals surface area contributed by atoms with Gasteiger partial charge in [-0.25, -0.2) is 14.0 Å². The number of aromatic carboxylic acids is 1. The van der Waals surface area contributed by atoms with Crippen LogP contribution < -0.4 is 5.76 Å². The first-order chi connectivity index (χ1) is 10.1. The molecule has 0 saturated heterocycles. The molecule has 5 nitrogen and oxygen atoms in total. The third kappa shape index (κ3) is 2.31. The number of benzene rings is 2. The molecule has 21 heavy (non-hydrogen) atoms. The molecule has 0 atom stereocenters. The summed E-state index contributed by atoms with van der Waals surface area (Å²) in [6.07, 6.45) is 0. The van der Waals surface area contributed by atoms with E-state index in [-0.39, 0.29) is 17.7 Å². The van der Waals surface area contributed by atoms with Gasteiger partial charge in [-0.2, -0.15) is 0 Å². The molecule has 1 N–H and O–H groups in total. The highest BCUT2D eigenvalue weighted by molar-refractivity contribution is 5.91. The van der Waals surface area contributed by atoms with Crippen molar-refractivity contribution >= 4 is 17.1 Å². The fourth-order valence-electron chi connectivity index (χ4n) is 2.14. The van der Waals surface area contributed by atoms with Crippen molar-refractivity contribution in [1.82, 2.24) is 4.57 Å². The number of hydrogen-bond acceptors (Lipinski definition) is 3. The van der Waals surface area contributed by atoms with Crippen LogP contribution in [0.25, 0.3) is 11.1 Å². The lowest BCUT2D eigenvalue weighted by Gasteiger charge is -2.04. The first-order valence-electron chi connectivity index (χ1n) is 6.16. The number of nitrogens with zero attached hydrogens (tertiary/aromatic N) is 1. The van der Waals surface area contributed by atoms with E-state index in [9.17, 15) is 14.0 Å². The van der Waals surface area contributed by atoms with Gasteiger partial charge in [-0.05, 0) is 24.3 Å². The Hall–Kier alpha value is -2.89. The van der Waals surface area contributed by atoms with Crippen LogP contribution in [0.2, 0.25) is 0 Å². The number of fused-ring (bicyclic) bond motifs is 1. The summed E-state index contributed by atoms with van der Waals surface area (Å²) in [5, 5.41) is 9.00. The van der Waals surface area contributed by atoms with Crippen molar-refractivity contribution in [2.75, 3.05) is 0 Å². The zero-order valence-corrected chi connectivity index (χ0v) is 10.7. The van der Waals surface area contributed by atoms with Crippen LogP contribution in [0.3, 0.4) is 0 Å². The quantitative estimate of drug-likeness (QED) is 0.803. The van der Waals surface area contributed by atoms with Crippen molar-refractivity contribution in [3.8, 4) is 0 Å². The maximum absolute atomic E-state index is 13.7. The molecule has 0 aliphatic rings. The van der Waals surface area contributed by atoms with Crippen LogP contribution in [0.5, 0.6) is 0 Å². The Bertz CT molecular complexity index is 894. The number of carbonyl (C=O) groups is 1. The van der Waals surface area contributed by atoms with Crippen molar-refractivity contribution in [3.63, 3.8) is 0 Å². The number of oxazole rings is 1. The van der Waals surface area contributed by atoms with E-state index in [1.54, 1.807) is 18.2 Å². The molecule has 0 saturated carbocycles. The van der Waals surface area contributed by atoms with Gasteiger partial charge in [0.05, 0.1) is 17.6 Å². The Labute approximate surface area is 117 Å². The Balaban J connectivity index is 2.15.